The molecular formula is C6H5BrOS. The average Bonchev–Trinajstić information content (AvgIpc) is 1.83. The largest absolute Gasteiger partial charge is 0.290 e. The molecule has 1 aromatic heterocycles. The van der Waals surface area contributed by atoms with Crippen LogP contribution in [-0.4, -0.2) is 0 Å². The normalized spacial score (nSPS) is 9.56. The highest BCUT2D eigenvalue weighted by Crippen LogP contribution is 2.16. The van der Waals surface area contributed by atoms with E-state index in [0.29, 0.717) is 0 Å². The topological polar surface area (TPSA) is 17.1 Å². The molecule has 0 bridgehead atoms. The molecule has 0 saturated heterocycles. The molecule has 0 spiro atoms. The monoisotopic (exact) mass is 204 g/mol. The van der Waals surface area contributed by atoms with E-state index in [2.05, 4.69) is 15.9 Å². The van der Waals surface area contributed by atoms with Gasteiger partial charge in [0.15, 0.2) is 5.43 Å². The van der Waals surface area contributed by atoms with E-state index in [-0.39, 0.29) is 5.43 Å². The highest BCUT2D eigenvalue weighted by atomic mass is 79.9. The van der Waals surface area contributed by atoms with Crippen LogP contribution in [0.4, 0.5) is 0 Å². The molecule has 0 aliphatic carbocycles. The fraction of sp³-hybridized carbons (Fsp3) is 0.167. The molecule has 1 aromatic rings. The van der Waals surface area contributed by atoms with Crippen molar-refractivity contribution in [2.24, 2.45) is 0 Å². The van der Waals surface area contributed by atoms with Gasteiger partial charge in [-0.05, 0) is 34.3 Å². The smallest absolute Gasteiger partial charge is 0.184 e. The molecule has 0 unspecified atom stereocenters. The van der Waals surface area contributed by atoms with Crippen LogP contribution in [-0.2, 0) is 0 Å². The van der Waals surface area contributed by atoms with Gasteiger partial charge in [0.05, 0.1) is 3.79 Å². The van der Waals surface area contributed by atoms with Gasteiger partial charge in [0.25, 0.3) is 0 Å². The Morgan fingerprint density at radius 2 is 2.33 bits per heavy atom. The number of halogens is 1. The lowest BCUT2D eigenvalue weighted by molar-refractivity contribution is 1.42. The first-order chi connectivity index (χ1) is 4.22. The van der Waals surface area contributed by atoms with Crippen LogP contribution in [0.3, 0.4) is 0 Å². The van der Waals surface area contributed by atoms with Gasteiger partial charge in [-0.15, -0.1) is 11.3 Å². The van der Waals surface area contributed by atoms with E-state index in [4.69, 9.17) is 0 Å². The predicted molar refractivity (Wildman–Crippen MR) is 43.0 cm³/mol. The lowest BCUT2D eigenvalue weighted by atomic mass is 10.3. The van der Waals surface area contributed by atoms with Crippen LogP contribution in [0.2, 0.25) is 0 Å². The first-order valence-corrected chi connectivity index (χ1v) is 4.13. The van der Waals surface area contributed by atoms with Gasteiger partial charge in [0.2, 0.25) is 0 Å². The molecule has 0 saturated carbocycles. The summed E-state index contributed by atoms with van der Waals surface area (Å²) >= 11 is 4.79. The number of hydrogen-bond acceptors (Lipinski definition) is 2. The van der Waals surface area contributed by atoms with Crippen molar-refractivity contribution in [3.63, 3.8) is 0 Å². The average molecular weight is 205 g/mol. The molecule has 9 heavy (non-hydrogen) atoms. The Morgan fingerprint density at radius 1 is 1.67 bits per heavy atom. The Labute approximate surface area is 65.5 Å². The van der Waals surface area contributed by atoms with Gasteiger partial charge in [0, 0.05) is 5.56 Å². The quantitative estimate of drug-likeness (QED) is 0.634. The van der Waals surface area contributed by atoms with Crippen molar-refractivity contribution in [2.75, 3.05) is 0 Å². The Bertz CT molecular complexity index is 266. The van der Waals surface area contributed by atoms with Crippen LogP contribution in [0, 0.1) is 6.92 Å². The summed E-state index contributed by atoms with van der Waals surface area (Å²) in [6.45, 7) is 1.81. The van der Waals surface area contributed by atoms with Gasteiger partial charge in [-0.2, -0.15) is 0 Å². The van der Waals surface area contributed by atoms with Gasteiger partial charge < -0.3 is 0 Å². The lowest BCUT2D eigenvalue weighted by Crippen LogP contribution is -2.00. The van der Waals surface area contributed by atoms with E-state index in [1.807, 2.05) is 6.92 Å². The summed E-state index contributed by atoms with van der Waals surface area (Å²) in [7, 11) is 0. The zero-order valence-corrected chi connectivity index (χ0v) is 7.25. The Hall–Kier alpha value is -0.150. The molecule has 0 radical (unpaired) electrons. The minimum absolute atomic E-state index is 0.0978. The first kappa shape index (κ1) is 6.96. The molecule has 0 fully saturated rings. The van der Waals surface area contributed by atoms with Crippen LogP contribution in [0.25, 0.3) is 0 Å². The maximum atomic E-state index is 10.8. The number of rotatable bonds is 0. The molecule has 1 nitrogen and oxygen atoms in total. The second-order valence-corrected chi connectivity index (χ2v) is 3.92. The van der Waals surface area contributed by atoms with E-state index in [9.17, 15) is 4.79 Å². The van der Waals surface area contributed by atoms with E-state index < -0.39 is 0 Å². The minimum Gasteiger partial charge on any atom is -0.290 e. The van der Waals surface area contributed by atoms with E-state index in [1.54, 1.807) is 11.4 Å². The van der Waals surface area contributed by atoms with Crippen molar-refractivity contribution in [1.29, 1.82) is 0 Å². The second-order valence-electron chi connectivity index (χ2n) is 1.68. The predicted octanol–water partition coefficient (Wildman–Crippen LogP) is 2.18. The Kier molecular flexibility index (Phi) is 2.03. The summed E-state index contributed by atoms with van der Waals surface area (Å²) < 4.78 is 0.926. The van der Waals surface area contributed by atoms with Gasteiger partial charge >= 0.3 is 0 Å². The summed E-state index contributed by atoms with van der Waals surface area (Å²) in [5.74, 6) is 0. The Balaban J connectivity index is 3.43. The van der Waals surface area contributed by atoms with Crippen LogP contribution in [0.1, 0.15) is 5.56 Å². The van der Waals surface area contributed by atoms with Crippen molar-refractivity contribution in [3.8, 4) is 0 Å². The third kappa shape index (κ3) is 1.40. The highest BCUT2D eigenvalue weighted by molar-refractivity contribution is 9.11. The second kappa shape index (κ2) is 2.62. The summed E-state index contributed by atoms with van der Waals surface area (Å²) in [6.07, 6.45) is 0. The van der Waals surface area contributed by atoms with Crippen LogP contribution in [0.15, 0.2) is 20.0 Å². The van der Waals surface area contributed by atoms with Crippen LogP contribution in [0.5, 0.6) is 0 Å². The third-order valence-electron chi connectivity index (χ3n) is 1.06. The van der Waals surface area contributed by atoms with Crippen molar-refractivity contribution in [3.05, 3.63) is 31.0 Å². The van der Waals surface area contributed by atoms with E-state index >= 15 is 0 Å². The summed E-state index contributed by atoms with van der Waals surface area (Å²) in [4.78, 5) is 10.8. The molecule has 0 aliphatic heterocycles. The molecule has 1 rings (SSSR count). The zero-order chi connectivity index (χ0) is 6.85. The van der Waals surface area contributed by atoms with Gasteiger partial charge in [0.1, 0.15) is 0 Å². The van der Waals surface area contributed by atoms with E-state index in [1.165, 1.54) is 11.3 Å². The molecule has 0 N–H and O–H groups in total. The zero-order valence-electron chi connectivity index (χ0n) is 4.85. The maximum absolute atomic E-state index is 10.8. The third-order valence-corrected chi connectivity index (χ3v) is 3.00. The molecule has 48 valence electrons. The standard InChI is InChI=1S/C6H5BrOS/c1-4-5(8)2-3-9-6(4)7/h2-3H,1H3. The van der Waals surface area contributed by atoms with Crippen molar-refractivity contribution < 1.29 is 0 Å². The van der Waals surface area contributed by atoms with E-state index in [0.717, 1.165) is 9.35 Å². The molecule has 0 amide bonds. The fourth-order valence-corrected chi connectivity index (χ4v) is 1.57. The van der Waals surface area contributed by atoms with Crippen molar-refractivity contribution in [2.45, 2.75) is 6.92 Å². The SMILES string of the molecule is Cc1c(Br)sccc1=O. The van der Waals surface area contributed by atoms with Crippen LogP contribution < -0.4 is 5.43 Å². The first-order valence-electron chi connectivity index (χ1n) is 2.45. The number of hydrogen-bond donors (Lipinski definition) is 0. The molecule has 0 aromatic carbocycles. The van der Waals surface area contributed by atoms with Gasteiger partial charge in [-0.3, -0.25) is 4.79 Å². The fourth-order valence-electron chi connectivity index (χ4n) is 0.466. The van der Waals surface area contributed by atoms with Crippen molar-refractivity contribution in [1.82, 2.24) is 0 Å². The summed E-state index contributed by atoms with van der Waals surface area (Å²) in [6, 6.07) is 1.57. The Morgan fingerprint density at radius 3 is 2.78 bits per heavy atom. The highest BCUT2D eigenvalue weighted by Gasteiger charge is 1.95. The van der Waals surface area contributed by atoms with Gasteiger partial charge in [-0.1, -0.05) is 0 Å². The molecule has 0 aliphatic rings. The minimum atomic E-state index is 0.0978. The summed E-state index contributed by atoms with van der Waals surface area (Å²) in [5, 5.41) is 1.78. The molecule has 3 heteroatoms. The maximum Gasteiger partial charge on any atom is 0.184 e. The summed E-state index contributed by atoms with van der Waals surface area (Å²) in [5.41, 5.74) is 0.892. The lowest BCUT2D eigenvalue weighted by Gasteiger charge is -1.89. The van der Waals surface area contributed by atoms with Gasteiger partial charge in [-0.25, -0.2) is 0 Å². The van der Waals surface area contributed by atoms with Crippen LogP contribution >= 0.6 is 27.3 Å². The molecule has 0 atom stereocenters. The molecule has 1 heterocycles. The van der Waals surface area contributed by atoms with Crippen molar-refractivity contribution >= 4 is 27.3 Å². The molecular weight excluding hydrogens is 200 g/mol.